The molecular formula is C15H26N2O3. The Kier molecular flexibility index (Phi) is 5.40. The van der Waals surface area contributed by atoms with E-state index in [9.17, 15) is 9.59 Å². The van der Waals surface area contributed by atoms with Gasteiger partial charge in [0.05, 0.1) is 13.7 Å². The summed E-state index contributed by atoms with van der Waals surface area (Å²) in [5.74, 6) is -0.0443. The summed E-state index contributed by atoms with van der Waals surface area (Å²) in [5, 5.41) is 0. The van der Waals surface area contributed by atoms with Crippen LogP contribution in [0.2, 0.25) is 0 Å². The van der Waals surface area contributed by atoms with Crippen molar-refractivity contribution in [2.45, 2.75) is 57.5 Å². The van der Waals surface area contributed by atoms with Crippen LogP contribution in [0.4, 0.5) is 0 Å². The van der Waals surface area contributed by atoms with Gasteiger partial charge in [0.2, 0.25) is 5.91 Å². The van der Waals surface area contributed by atoms with Crippen molar-refractivity contribution < 1.29 is 14.3 Å². The first-order valence-electron chi connectivity index (χ1n) is 7.75. The van der Waals surface area contributed by atoms with Gasteiger partial charge in [0.1, 0.15) is 6.04 Å². The molecule has 0 spiro atoms. The molecule has 0 aromatic rings. The maximum absolute atomic E-state index is 12.5. The van der Waals surface area contributed by atoms with Gasteiger partial charge >= 0.3 is 5.97 Å². The van der Waals surface area contributed by atoms with Crippen LogP contribution >= 0.6 is 0 Å². The van der Waals surface area contributed by atoms with E-state index in [0.717, 1.165) is 45.2 Å². The second kappa shape index (κ2) is 7.07. The average Bonchev–Trinajstić information content (AvgIpc) is 2.47. The maximum Gasteiger partial charge on any atom is 0.323 e. The Labute approximate surface area is 121 Å². The van der Waals surface area contributed by atoms with Gasteiger partial charge in [-0.2, -0.15) is 0 Å². The van der Waals surface area contributed by atoms with E-state index in [1.54, 1.807) is 0 Å². The number of hydrogen-bond acceptors (Lipinski definition) is 4. The van der Waals surface area contributed by atoms with Crippen molar-refractivity contribution in [1.82, 2.24) is 9.80 Å². The SMILES string of the molecule is COC(=O)[C@H]1CCCCN1CC(=O)N1CCCCC1C. The normalized spacial score (nSPS) is 28.2. The molecule has 0 aromatic heterocycles. The molecule has 0 aliphatic carbocycles. The summed E-state index contributed by atoms with van der Waals surface area (Å²) < 4.78 is 4.86. The number of piperidine rings is 2. The molecule has 2 atom stereocenters. The third-order valence-corrected chi connectivity index (χ3v) is 4.55. The standard InChI is InChI=1S/C15H26N2O3/c1-12-7-3-6-10-17(12)14(18)11-16-9-5-4-8-13(16)15(19)20-2/h12-13H,3-11H2,1-2H3/t12?,13-/m1/s1. The van der Waals surface area contributed by atoms with E-state index in [1.807, 2.05) is 9.80 Å². The fourth-order valence-corrected chi connectivity index (χ4v) is 3.32. The van der Waals surface area contributed by atoms with E-state index in [1.165, 1.54) is 13.5 Å². The first-order valence-corrected chi connectivity index (χ1v) is 7.75. The van der Waals surface area contributed by atoms with Gasteiger partial charge in [-0.1, -0.05) is 6.42 Å². The Hall–Kier alpha value is -1.10. The van der Waals surface area contributed by atoms with Crippen molar-refractivity contribution in [1.29, 1.82) is 0 Å². The first kappa shape index (κ1) is 15.3. The molecule has 0 saturated carbocycles. The van der Waals surface area contributed by atoms with Crippen molar-refractivity contribution in [2.75, 3.05) is 26.7 Å². The van der Waals surface area contributed by atoms with Crippen molar-refractivity contribution >= 4 is 11.9 Å². The van der Waals surface area contributed by atoms with E-state index in [4.69, 9.17) is 4.74 Å². The van der Waals surface area contributed by atoms with Gasteiger partial charge < -0.3 is 9.64 Å². The van der Waals surface area contributed by atoms with E-state index in [-0.39, 0.29) is 17.9 Å². The number of ether oxygens (including phenoxy) is 1. The summed E-state index contributed by atoms with van der Waals surface area (Å²) in [6, 6.07) is 0.0930. The summed E-state index contributed by atoms with van der Waals surface area (Å²) in [6.07, 6.45) is 6.28. The molecule has 2 fully saturated rings. The van der Waals surface area contributed by atoms with Crippen LogP contribution in [0.15, 0.2) is 0 Å². The average molecular weight is 282 g/mol. The summed E-state index contributed by atoms with van der Waals surface area (Å²) in [6.45, 7) is 4.14. The van der Waals surface area contributed by atoms with Crippen molar-refractivity contribution in [3.63, 3.8) is 0 Å². The molecule has 1 unspecified atom stereocenters. The number of carbonyl (C=O) groups is 2. The molecule has 2 rings (SSSR count). The molecule has 114 valence electrons. The van der Waals surface area contributed by atoms with Gasteiger partial charge in [-0.05, 0) is 45.6 Å². The lowest BCUT2D eigenvalue weighted by molar-refractivity contribution is -0.150. The zero-order valence-electron chi connectivity index (χ0n) is 12.6. The molecular weight excluding hydrogens is 256 g/mol. The predicted octanol–water partition coefficient (Wildman–Crippen LogP) is 1.41. The van der Waals surface area contributed by atoms with Crippen molar-refractivity contribution in [3.05, 3.63) is 0 Å². The fraction of sp³-hybridized carbons (Fsp3) is 0.867. The van der Waals surface area contributed by atoms with E-state index in [2.05, 4.69) is 6.92 Å². The lowest BCUT2D eigenvalue weighted by Gasteiger charge is -2.38. The lowest BCUT2D eigenvalue weighted by Crippen LogP contribution is -2.52. The molecule has 2 aliphatic rings. The lowest BCUT2D eigenvalue weighted by atomic mass is 10.0. The molecule has 2 heterocycles. The number of methoxy groups -OCH3 is 1. The molecule has 2 saturated heterocycles. The zero-order chi connectivity index (χ0) is 14.5. The Morgan fingerprint density at radius 1 is 1.10 bits per heavy atom. The second-order valence-electron chi connectivity index (χ2n) is 5.94. The second-order valence-corrected chi connectivity index (χ2v) is 5.94. The van der Waals surface area contributed by atoms with Crippen LogP contribution in [0.3, 0.4) is 0 Å². The molecule has 5 heteroatoms. The third-order valence-electron chi connectivity index (χ3n) is 4.55. The highest BCUT2D eigenvalue weighted by Gasteiger charge is 2.32. The highest BCUT2D eigenvalue weighted by molar-refractivity contribution is 5.81. The fourth-order valence-electron chi connectivity index (χ4n) is 3.32. The minimum atomic E-state index is -0.238. The monoisotopic (exact) mass is 282 g/mol. The molecule has 0 radical (unpaired) electrons. The van der Waals surface area contributed by atoms with Gasteiger partial charge in [0.15, 0.2) is 0 Å². The zero-order valence-corrected chi connectivity index (χ0v) is 12.6. The van der Waals surface area contributed by atoms with Crippen LogP contribution in [-0.2, 0) is 14.3 Å². The Bertz CT molecular complexity index is 359. The third kappa shape index (κ3) is 3.51. The molecule has 0 N–H and O–H groups in total. The number of rotatable bonds is 3. The summed E-state index contributed by atoms with van der Waals surface area (Å²) in [5.41, 5.74) is 0. The van der Waals surface area contributed by atoms with Crippen LogP contribution in [0, 0.1) is 0 Å². The number of carbonyl (C=O) groups excluding carboxylic acids is 2. The minimum Gasteiger partial charge on any atom is -0.468 e. The van der Waals surface area contributed by atoms with Gasteiger partial charge in [0.25, 0.3) is 0 Å². The predicted molar refractivity (Wildman–Crippen MR) is 76.3 cm³/mol. The Morgan fingerprint density at radius 2 is 1.80 bits per heavy atom. The Balaban J connectivity index is 1.95. The quantitative estimate of drug-likeness (QED) is 0.735. The van der Waals surface area contributed by atoms with E-state index < -0.39 is 0 Å². The Morgan fingerprint density at radius 3 is 2.50 bits per heavy atom. The molecule has 20 heavy (non-hydrogen) atoms. The molecule has 1 amide bonds. The number of hydrogen-bond donors (Lipinski definition) is 0. The minimum absolute atomic E-state index is 0.160. The van der Waals surface area contributed by atoms with Gasteiger partial charge in [-0.3, -0.25) is 14.5 Å². The topological polar surface area (TPSA) is 49.9 Å². The number of esters is 1. The van der Waals surface area contributed by atoms with Crippen LogP contribution in [0.1, 0.15) is 45.4 Å². The van der Waals surface area contributed by atoms with Crippen molar-refractivity contribution in [3.8, 4) is 0 Å². The molecule has 2 aliphatic heterocycles. The summed E-state index contributed by atoms with van der Waals surface area (Å²) in [4.78, 5) is 28.3. The van der Waals surface area contributed by atoms with E-state index in [0.29, 0.717) is 12.6 Å². The largest absolute Gasteiger partial charge is 0.468 e. The van der Waals surface area contributed by atoms with E-state index >= 15 is 0 Å². The summed E-state index contributed by atoms with van der Waals surface area (Å²) >= 11 is 0. The highest BCUT2D eigenvalue weighted by atomic mass is 16.5. The van der Waals surface area contributed by atoms with Gasteiger partial charge in [-0.25, -0.2) is 0 Å². The molecule has 5 nitrogen and oxygen atoms in total. The number of likely N-dealkylation sites (tertiary alicyclic amines) is 2. The highest BCUT2D eigenvalue weighted by Crippen LogP contribution is 2.20. The summed E-state index contributed by atoms with van der Waals surface area (Å²) in [7, 11) is 1.42. The van der Waals surface area contributed by atoms with Crippen LogP contribution in [-0.4, -0.2) is 60.5 Å². The van der Waals surface area contributed by atoms with Crippen LogP contribution in [0.5, 0.6) is 0 Å². The van der Waals surface area contributed by atoms with Gasteiger partial charge in [-0.15, -0.1) is 0 Å². The van der Waals surface area contributed by atoms with Crippen LogP contribution < -0.4 is 0 Å². The van der Waals surface area contributed by atoms with Crippen molar-refractivity contribution in [2.24, 2.45) is 0 Å². The molecule has 0 bridgehead atoms. The smallest absolute Gasteiger partial charge is 0.323 e. The number of nitrogens with zero attached hydrogens (tertiary/aromatic N) is 2. The maximum atomic E-state index is 12.5. The first-order chi connectivity index (χ1) is 9.63. The van der Waals surface area contributed by atoms with Crippen LogP contribution in [0.25, 0.3) is 0 Å². The number of amides is 1. The molecule has 0 aromatic carbocycles. The van der Waals surface area contributed by atoms with Gasteiger partial charge in [0, 0.05) is 12.6 Å².